The molecule has 0 aliphatic rings. The van der Waals surface area contributed by atoms with E-state index in [1.807, 2.05) is 0 Å². The molecule has 0 aromatic heterocycles. The van der Waals surface area contributed by atoms with Crippen LogP contribution in [0.2, 0.25) is 0 Å². The van der Waals surface area contributed by atoms with Gasteiger partial charge >= 0.3 is 0 Å². The lowest BCUT2D eigenvalue weighted by Crippen LogP contribution is -1.86. The fourth-order valence-electron chi connectivity index (χ4n) is 0.662. The standard InChI is InChI=1S/C8H9FO/c1-6-2-3-7(5-10)4-8(6)9/h2-4,10H,5H2,1H3/i5D2. The number of aryl methyl sites for hydroxylation is 1. The summed E-state index contributed by atoms with van der Waals surface area (Å²) < 4.78 is 26.6. The summed E-state index contributed by atoms with van der Waals surface area (Å²) in [5.41, 5.74) is 0.369. The topological polar surface area (TPSA) is 20.2 Å². The van der Waals surface area contributed by atoms with Crippen molar-refractivity contribution in [1.82, 2.24) is 0 Å². The van der Waals surface area contributed by atoms with Crippen LogP contribution >= 0.6 is 0 Å². The van der Waals surface area contributed by atoms with Crippen LogP contribution in [0.25, 0.3) is 0 Å². The first-order valence-corrected chi connectivity index (χ1v) is 2.90. The van der Waals surface area contributed by atoms with Crippen LogP contribution in [0.5, 0.6) is 0 Å². The molecule has 1 aromatic carbocycles. The Bertz CT molecular complexity index is 294. The highest BCUT2D eigenvalue weighted by molar-refractivity contribution is 5.22. The van der Waals surface area contributed by atoms with Crippen LogP contribution in [-0.2, 0) is 6.56 Å². The van der Waals surface area contributed by atoms with Gasteiger partial charge in [0, 0.05) is 0 Å². The van der Waals surface area contributed by atoms with Gasteiger partial charge in [0.2, 0.25) is 0 Å². The van der Waals surface area contributed by atoms with E-state index in [1.54, 1.807) is 6.92 Å². The third-order valence-electron chi connectivity index (χ3n) is 1.30. The van der Waals surface area contributed by atoms with E-state index >= 15 is 0 Å². The molecule has 10 heavy (non-hydrogen) atoms. The number of benzene rings is 1. The van der Waals surface area contributed by atoms with E-state index in [9.17, 15) is 4.39 Å². The lowest BCUT2D eigenvalue weighted by Gasteiger charge is -1.97. The molecule has 0 bridgehead atoms. The highest BCUT2D eigenvalue weighted by Crippen LogP contribution is 2.08. The van der Waals surface area contributed by atoms with Crippen molar-refractivity contribution in [3.8, 4) is 0 Å². The van der Waals surface area contributed by atoms with Crippen molar-refractivity contribution >= 4 is 0 Å². The van der Waals surface area contributed by atoms with E-state index in [1.165, 1.54) is 12.1 Å². The molecule has 1 rings (SSSR count). The second-order valence-electron chi connectivity index (χ2n) is 2.08. The number of rotatable bonds is 1. The van der Waals surface area contributed by atoms with Crippen LogP contribution in [-0.4, -0.2) is 5.11 Å². The summed E-state index contributed by atoms with van der Waals surface area (Å²) in [5.74, 6) is -0.509. The Kier molecular flexibility index (Phi) is 1.36. The Balaban J connectivity index is 3.14. The lowest BCUT2D eigenvalue weighted by molar-refractivity contribution is 0.281. The second kappa shape index (κ2) is 2.80. The molecule has 0 unspecified atom stereocenters. The summed E-state index contributed by atoms with van der Waals surface area (Å²) in [6, 6.07) is 3.78. The summed E-state index contributed by atoms with van der Waals surface area (Å²) in [5, 5.41) is 8.87. The van der Waals surface area contributed by atoms with Crippen LogP contribution in [0.15, 0.2) is 18.2 Å². The Morgan fingerprint density at radius 3 is 2.90 bits per heavy atom. The smallest absolute Gasteiger partial charge is 0.126 e. The molecule has 0 saturated carbocycles. The van der Waals surface area contributed by atoms with Crippen molar-refractivity contribution in [1.29, 1.82) is 0 Å². The minimum absolute atomic E-state index is 0.0643. The van der Waals surface area contributed by atoms with E-state index in [4.69, 9.17) is 7.85 Å². The van der Waals surface area contributed by atoms with Gasteiger partial charge < -0.3 is 5.11 Å². The third kappa shape index (κ3) is 1.33. The van der Waals surface area contributed by atoms with Crippen molar-refractivity contribution in [2.75, 3.05) is 0 Å². The van der Waals surface area contributed by atoms with E-state index in [0.29, 0.717) is 5.56 Å². The molecule has 0 aliphatic carbocycles. The molecule has 0 spiro atoms. The summed E-state index contributed by atoms with van der Waals surface area (Å²) in [4.78, 5) is 0. The summed E-state index contributed by atoms with van der Waals surface area (Å²) in [7, 11) is 0. The van der Waals surface area contributed by atoms with Gasteiger partial charge in [0.15, 0.2) is 0 Å². The van der Waals surface area contributed by atoms with Crippen LogP contribution < -0.4 is 0 Å². The summed E-state index contributed by atoms with van der Waals surface area (Å²) in [6.45, 7) is -0.888. The van der Waals surface area contributed by atoms with Crippen molar-refractivity contribution in [3.05, 3.63) is 35.1 Å². The Morgan fingerprint density at radius 1 is 1.70 bits per heavy atom. The molecule has 1 N–H and O–H groups in total. The van der Waals surface area contributed by atoms with E-state index < -0.39 is 12.4 Å². The molecule has 0 fully saturated rings. The maximum Gasteiger partial charge on any atom is 0.126 e. The van der Waals surface area contributed by atoms with Gasteiger partial charge in [-0.15, -0.1) is 0 Å². The van der Waals surface area contributed by atoms with Crippen LogP contribution in [0.3, 0.4) is 0 Å². The normalized spacial score (nSPS) is 14.3. The quantitative estimate of drug-likeness (QED) is 0.631. The zero-order chi connectivity index (χ0) is 9.35. The van der Waals surface area contributed by atoms with Crippen molar-refractivity contribution in [2.45, 2.75) is 13.5 Å². The van der Waals surface area contributed by atoms with Gasteiger partial charge in [-0.05, 0) is 24.1 Å². The molecule has 0 amide bonds. The van der Waals surface area contributed by atoms with E-state index in [2.05, 4.69) is 0 Å². The average molecular weight is 142 g/mol. The van der Waals surface area contributed by atoms with Gasteiger partial charge in [0.25, 0.3) is 0 Å². The van der Waals surface area contributed by atoms with Gasteiger partial charge in [-0.25, -0.2) is 4.39 Å². The molecular formula is C8H9FO. The minimum Gasteiger partial charge on any atom is -0.392 e. The Morgan fingerprint density at radius 2 is 2.40 bits per heavy atom. The summed E-state index contributed by atoms with van der Waals surface area (Å²) in [6.07, 6.45) is 0. The van der Waals surface area contributed by atoms with Gasteiger partial charge in [0.05, 0.1) is 9.30 Å². The van der Waals surface area contributed by atoms with Crippen molar-refractivity contribution in [3.63, 3.8) is 0 Å². The first-order chi connectivity index (χ1) is 5.41. The minimum atomic E-state index is -2.46. The fraction of sp³-hybridized carbons (Fsp3) is 0.250. The lowest BCUT2D eigenvalue weighted by atomic mass is 10.1. The van der Waals surface area contributed by atoms with Gasteiger partial charge in [0.1, 0.15) is 5.82 Å². The average Bonchev–Trinajstić information content (AvgIpc) is 1.92. The zero-order valence-corrected chi connectivity index (χ0v) is 5.56. The molecule has 1 nitrogen and oxygen atoms in total. The van der Waals surface area contributed by atoms with Gasteiger partial charge in [-0.1, -0.05) is 12.1 Å². The number of aliphatic hydroxyl groups is 1. The SMILES string of the molecule is [2H]C([2H])(O)c1ccc(C)c(F)c1. The predicted octanol–water partition coefficient (Wildman–Crippen LogP) is 1.63. The molecule has 0 atom stereocenters. The van der Waals surface area contributed by atoms with Gasteiger partial charge in [-0.2, -0.15) is 0 Å². The number of hydrogen-bond donors (Lipinski definition) is 1. The monoisotopic (exact) mass is 142 g/mol. The first kappa shape index (κ1) is 4.85. The highest BCUT2D eigenvalue weighted by Gasteiger charge is 1.96. The molecule has 2 heteroatoms. The third-order valence-corrected chi connectivity index (χ3v) is 1.30. The van der Waals surface area contributed by atoms with E-state index in [0.717, 1.165) is 6.07 Å². The van der Waals surface area contributed by atoms with Crippen LogP contribution in [0, 0.1) is 12.7 Å². The Hall–Kier alpha value is -0.890. The van der Waals surface area contributed by atoms with Crippen LogP contribution in [0.4, 0.5) is 4.39 Å². The molecule has 54 valence electrons. The molecule has 0 aliphatic heterocycles. The zero-order valence-electron chi connectivity index (χ0n) is 7.56. The maximum absolute atomic E-state index is 12.8. The van der Waals surface area contributed by atoms with Gasteiger partial charge in [-0.3, -0.25) is 0 Å². The molecule has 1 aromatic rings. The van der Waals surface area contributed by atoms with Crippen molar-refractivity contribution < 1.29 is 12.2 Å². The Labute approximate surface area is 61.9 Å². The largest absolute Gasteiger partial charge is 0.392 e. The molecule has 0 heterocycles. The number of hydrogen-bond acceptors (Lipinski definition) is 1. The summed E-state index contributed by atoms with van der Waals surface area (Å²) >= 11 is 0. The number of halogens is 1. The maximum atomic E-state index is 12.8. The molecule has 0 saturated heterocycles. The predicted molar refractivity (Wildman–Crippen MR) is 37.1 cm³/mol. The van der Waals surface area contributed by atoms with Crippen molar-refractivity contribution in [2.24, 2.45) is 0 Å². The molecular weight excluding hydrogens is 131 g/mol. The van der Waals surface area contributed by atoms with E-state index in [-0.39, 0.29) is 5.56 Å². The van der Waals surface area contributed by atoms with Crippen LogP contribution in [0.1, 0.15) is 13.9 Å². The molecule has 0 radical (unpaired) electrons. The highest BCUT2D eigenvalue weighted by atomic mass is 19.1. The second-order valence-corrected chi connectivity index (χ2v) is 2.08. The first-order valence-electron chi connectivity index (χ1n) is 3.90. The fourth-order valence-corrected chi connectivity index (χ4v) is 0.662.